The first kappa shape index (κ1) is 13.3. The molecule has 1 atom stereocenters. The van der Waals surface area contributed by atoms with Gasteiger partial charge in [-0.2, -0.15) is 13.1 Å². The monoisotopic (exact) mass is 224 g/mol. The van der Waals surface area contributed by atoms with Gasteiger partial charge < -0.3 is 5.11 Å². The minimum absolute atomic E-state index is 0.222. The van der Waals surface area contributed by atoms with E-state index < -0.39 is 22.2 Å². The number of hydrogen-bond acceptors (Lipinski definition) is 3. The summed E-state index contributed by atoms with van der Waals surface area (Å²) in [6.07, 6.45) is 0. The smallest absolute Gasteiger partial charge is 0.322 e. The Hall–Kier alpha value is -0.660. The largest absolute Gasteiger partial charge is 0.480 e. The molecule has 0 spiro atoms. The average molecular weight is 224 g/mol. The van der Waals surface area contributed by atoms with Crippen LogP contribution >= 0.6 is 0 Å². The Morgan fingerprint density at radius 2 is 1.93 bits per heavy atom. The van der Waals surface area contributed by atoms with Gasteiger partial charge in [-0.3, -0.25) is 4.79 Å². The third-order valence-corrected chi connectivity index (χ3v) is 2.78. The molecule has 0 aliphatic rings. The van der Waals surface area contributed by atoms with E-state index in [9.17, 15) is 13.2 Å². The van der Waals surface area contributed by atoms with Crippen LogP contribution in [0.4, 0.5) is 0 Å². The van der Waals surface area contributed by atoms with E-state index in [1.165, 1.54) is 0 Å². The maximum absolute atomic E-state index is 11.2. The molecule has 0 radical (unpaired) electrons. The van der Waals surface area contributed by atoms with Crippen molar-refractivity contribution in [3.63, 3.8) is 0 Å². The molecule has 0 amide bonds. The predicted octanol–water partition coefficient (Wildman–Crippen LogP) is -0.460. The Bertz CT molecular complexity index is 286. The first-order valence-corrected chi connectivity index (χ1v) is 5.78. The fourth-order valence-corrected chi connectivity index (χ4v) is 2.04. The van der Waals surface area contributed by atoms with Crippen molar-refractivity contribution in [1.82, 2.24) is 9.44 Å². The predicted molar refractivity (Wildman–Crippen MR) is 52.0 cm³/mol. The summed E-state index contributed by atoms with van der Waals surface area (Å²) >= 11 is 0. The number of nitrogens with one attached hydrogen (secondary N) is 2. The summed E-state index contributed by atoms with van der Waals surface area (Å²) in [5.41, 5.74) is 0. The number of carbonyl (C=O) groups is 1. The van der Waals surface area contributed by atoms with Gasteiger partial charge in [0.1, 0.15) is 6.04 Å². The molecule has 0 aromatic carbocycles. The van der Waals surface area contributed by atoms with Gasteiger partial charge in [-0.25, -0.2) is 4.72 Å². The summed E-state index contributed by atoms with van der Waals surface area (Å²) in [6.45, 7) is 5.10. The molecule has 3 N–H and O–H groups in total. The van der Waals surface area contributed by atoms with E-state index in [-0.39, 0.29) is 12.5 Å². The second-order valence-corrected chi connectivity index (χ2v) is 4.71. The van der Waals surface area contributed by atoms with Gasteiger partial charge in [0.25, 0.3) is 10.2 Å². The number of carboxylic acids is 1. The minimum atomic E-state index is -3.70. The molecule has 84 valence electrons. The number of rotatable bonds is 6. The highest BCUT2D eigenvalue weighted by Gasteiger charge is 2.26. The molecule has 0 aromatic heterocycles. The zero-order valence-electron chi connectivity index (χ0n) is 8.44. The van der Waals surface area contributed by atoms with E-state index in [0.717, 1.165) is 0 Å². The molecule has 0 aliphatic heterocycles. The van der Waals surface area contributed by atoms with Gasteiger partial charge >= 0.3 is 5.97 Å². The van der Waals surface area contributed by atoms with E-state index in [0.29, 0.717) is 0 Å². The highest BCUT2D eigenvalue weighted by Crippen LogP contribution is 2.02. The lowest BCUT2D eigenvalue weighted by Crippen LogP contribution is -2.48. The van der Waals surface area contributed by atoms with E-state index in [1.54, 1.807) is 20.8 Å². The van der Waals surface area contributed by atoms with Crippen molar-refractivity contribution in [1.29, 1.82) is 0 Å². The van der Waals surface area contributed by atoms with Crippen LogP contribution in [0.1, 0.15) is 20.8 Å². The van der Waals surface area contributed by atoms with Crippen molar-refractivity contribution in [3.05, 3.63) is 0 Å². The molecule has 7 heteroatoms. The normalized spacial score (nSPS) is 14.3. The molecule has 0 aromatic rings. The fourth-order valence-electron chi connectivity index (χ4n) is 0.870. The summed E-state index contributed by atoms with van der Waals surface area (Å²) < 4.78 is 26.5. The van der Waals surface area contributed by atoms with Crippen molar-refractivity contribution < 1.29 is 18.3 Å². The molecule has 0 saturated heterocycles. The molecular weight excluding hydrogens is 208 g/mol. The van der Waals surface area contributed by atoms with Crippen LogP contribution in [0, 0.1) is 5.92 Å². The van der Waals surface area contributed by atoms with Crippen LogP contribution in [-0.2, 0) is 15.0 Å². The van der Waals surface area contributed by atoms with Gasteiger partial charge in [-0.15, -0.1) is 0 Å². The fraction of sp³-hybridized carbons (Fsp3) is 0.857. The van der Waals surface area contributed by atoms with E-state index in [2.05, 4.69) is 9.44 Å². The summed E-state index contributed by atoms with van der Waals surface area (Å²) in [5.74, 6) is -1.48. The molecule has 0 heterocycles. The van der Waals surface area contributed by atoms with E-state index in [1.807, 2.05) is 0 Å². The van der Waals surface area contributed by atoms with E-state index in [4.69, 9.17) is 5.11 Å². The lowest BCUT2D eigenvalue weighted by atomic mass is 10.1. The van der Waals surface area contributed by atoms with Crippen molar-refractivity contribution in [2.45, 2.75) is 26.8 Å². The van der Waals surface area contributed by atoms with Crippen LogP contribution in [0.5, 0.6) is 0 Å². The molecule has 14 heavy (non-hydrogen) atoms. The summed E-state index contributed by atoms with van der Waals surface area (Å²) in [4.78, 5) is 10.7. The second kappa shape index (κ2) is 5.28. The Balaban J connectivity index is 4.53. The van der Waals surface area contributed by atoms with Crippen LogP contribution in [-0.4, -0.2) is 32.1 Å². The van der Waals surface area contributed by atoms with Crippen molar-refractivity contribution in [3.8, 4) is 0 Å². The Kier molecular flexibility index (Phi) is 5.03. The molecule has 1 unspecified atom stereocenters. The van der Waals surface area contributed by atoms with Gasteiger partial charge in [-0.05, 0) is 5.92 Å². The van der Waals surface area contributed by atoms with Crippen molar-refractivity contribution in [2.75, 3.05) is 6.54 Å². The molecule has 0 rings (SSSR count). The van der Waals surface area contributed by atoms with Gasteiger partial charge in [0.2, 0.25) is 0 Å². The van der Waals surface area contributed by atoms with Crippen molar-refractivity contribution >= 4 is 16.2 Å². The number of hydrogen-bond donors (Lipinski definition) is 3. The van der Waals surface area contributed by atoms with Gasteiger partial charge in [0, 0.05) is 6.54 Å². The Morgan fingerprint density at radius 1 is 1.43 bits per heavy atom. The lowest BCUT2D eigenvalue weighted by molar-refractivity contribution is -0.140. The third kappa shape index (κ3) is 4.54. The maximum atomic E-state index is 11.2. The van der Waals surface area contributed by atoms with Crippen LogP contribution in [0.25, 0.3) is 0 Å². The maximum Gasteiger partial charge on any atom is 0.322 e. The minimum Gasteiger partial charge on any atom is -0.480 e. The van der Waals surface area contributed by atoms with Crippen LogP contribution in [0.3, 0.4) is 0 Å². The second-order valence-electron chi connectivity index (χ2n) is 3.18. The molecule has 0 fully saturated rings. The standard InChI is InChI=1S/C7H16N2O4S/c1-4-8-14(12,13)9-6(5(2)3)7(10)11/h5-6,8-9H,4H2,1-3H3,(H,10,11). The molecule has 0 bridgehead atoms. The van der Waals surface area contributed by atoms with Crippen LogP contribution in [0.2, 0.25) is 0 Å². The quantitative estimate of drug-likeness (QED) is 0.569. The summed E-state index contributed by atoms with van der Waals surface area (Å²) in [7, 11) is -3.70. The summed E-state index contributed by atoms with van der Waals surface area (Å²) in [5, 5.41) is 8.72. The zero-order chi connectivity index (χ0) is 11.4. The third-order valence-electron chi connectivity index (χ3n) is 1.55. The topological polar surface area (TPSA) is 95.5 Å². The Labute approximate surface area is 83.9 Å². The van der Waals surface area contributed by atoms with Gasteiger partial charge in [0.05, 0.1) is 0 Å². The van der Waals surface area contributed by atoms with Crippen LogP contribution < -0.4 is 9.44 Å². The first-order valence-electron chi connectivity index (χ1n) is 4.30. The average Bonchev–Trinajstić information content (AvgIpc) is 1.99. The van der Waals surface area contributed by atoms with E-state index >= 15 is 0 Å². The number of carboxylic acid groups (broad SMARTS) is 1. The van der Waals surface area contributed by atoms with Crippen molar-refractivity contribution in [2.24, 2.45) is 5.92 Å². The summed E-state index contributed by atoms with van der Waals surface area (Å²) in [6, 6.07) is -1.10. The molecule has 0 aliphatic carbocycles. The lowest BCUT2D eigenvalue weighted by Gasteiger charge is -2.17. The van der Waals surface area contributed by atoms with Gasteiger partial charge in [-0.1, -0.05) is 20.8 Å². The molecule has 6 nitrogen and oxygen atoms in total. The Morgan fingerprint density at radius 3 is 2.21 bits per heavy atom. The SMILES string of the molecule is CCNS(=O)(=O)NC(C(=O)O)C(C)C. The highest BCUT2D eigenvalue weighted by atomic mass is 32.2. The van der Waals surface area contributed by atoms with Gasteiger partial charge in [0.15, 0.2) is 0 Å². The molecule has 0 saturated carbocycles. The molecular formula is C7H16N2O4S. The number of aliphatic carboxylic acids is 1. The highest BCUT2D eigenvalue weighted by molar-refractivity contribution is 7.87. The zero-order valence-corrected chi connectivity index (χ0v) is 9.26. The first-order chi connectivity index (χ1) is 6.30. The van der Waals surface area contributed by atoms with Crippen LogP contribution in [0.15, 0.2) is 0 Å².